The van der Waals surface area contributed by atoms with E-state index in [1.165, 1.54) is 11.3 Å². The molecule has 2 aromatic carbocycles. The summed E-state index contributed by atoms with van der Waals surface area (Å²) in [6.07, 6.45) is 0. The van der Waals surface area contributed by atoms with E-state index in [1.807, 2.05) is 65.0 Å². The van der Waals surface area contributed by atoms with Gasteiger partial charge in [0.15, 0.2) is 5.82 Å². The van der Waals surface area contributed by atoms with Crippen LogP contribution < -0.4 is 25.0 Å². The van der Waals surface area contributed by atoms with Crippen molar-refractivity contribution in [3.05, 3.63) is 54.1 Å². The number of hydrogen-bond donors (Lipinski definition) is 2. The van der Waals surface area contributed by atoms with Crippen molar-refractivity contribution in [1.82, 2.24) is 19.9 Å². The molecule has 2 heterocycles. The first-order valence-electron chi connectivity index (χ1n) is 11.6. The summed E-state index contributed by atoms with van der Waals surface area (Å²) in [5.41, 5.74) is 2.59. The third kappa shape index (κ3) is 5.88. The smallest absolute Gasteiger partial charge is 0.239 e. The summed E-state index contributed by atoms with van der Waals surface area (Å²) in [7, 11) is 5.13. The highest BCUT2D eigenvalue weighted by Crippen LogP contribution is 2.35. The molecule has 4 aromatic rings. The molecule has 0 unspecified atom stereocenters. The normalized spacial score (nSPS) is 11.4. The van der Waals surface area contributed by atoms with Crippen LogP contribution in [0.15, 0.2) is 48.5 Å². The van der Waals surface area contributed by atoms with E-state index in [0.29, 0.717) is 11.7 Å². The van der Waals surface area contributed by atoms with Crippen LogP contribution in [0.25, 0.3) is 16.2 Å². The lowest BCUT2D eigenvalue weighted by Gasteiger charge is -2.22. The van der Waals surface area contributed by atoms with Gasteiger partial charge in [0.05, 0.1) is 20.8 Å². The molecular formula is C26H32N6O3S. The second kappa shape index (κ2) is 10.4. The molecule has 10 heteroatoms. The number of fused-ring (bicyclic) bond motifs is 1. The molecule has 0 spiro atoms. The van der Waals surface area contributed by atoms with E-state index in [-0.39, 0.29) is 18.0 Å². The number of rotatable bonds is 9. The number of hydrogen-bond acceptors (Lipinski definition) is 8. The molecule has 0 aliphatic heterocycles. The second-order valence-corrected chi connectivity index (χ2v) is 10.4. The van der Waals surface area contributed by atoms with Crippen LogP contribution >= 0.6 is 11.3 Å². The quantitative estimate of drug-likeness (QED) is 0.345. The summed E-state index contributed by atoms with van der Waals surface area (Å²) in [6, 6.07) is 15.4. The van der Waals surface area contributed by atoms with Crippen LogP contribution in [0.5, 0.6) is 11.5 Å². The van der Waals surface area contributed by atoms with E-state index >= 15 is 0 Å². The summed E-state index contributed by atoms with van der Waals surface area (Å²) in [5.74, 6) is 2.29. The Balaban J connectivity index is 1.51. The van der Waals surface area contributed by atoms with Gasteiger partial charge in [-0.05, 0) is 62.7 Å². The Morgan fingerprint density at radius 1 is 1.03 bits per heavy atom. The molecule has 2 aromatic heterocycles. The SMILES string of the molecule is COc1ccc(CNC(=O)CN(C)c2nn3c(NC(C)(C)C)c(-c4ccc(OC)cc4)nc3s2)cc1. The van der Waals surface area contributed by atoms with Gasteiger partial charge in [-0.25, -0.2) is 4.98 Å². The molecule has 0 aliphatic rings. The number of aromatic nitrogens is 3. The molecule has 36 heavy (non-hydrogen) atoms. The highest BCUT2D eigenvalue weighted by atomic mass is 32.1. The van der Waals surface area contributed by atoms with Gasteiger partial charge in [0.1, 0.15) is 17.2 Å². The number of methoxy groups -OCH3 is 2. The van der Waals surface area contributed by atoms with E-state index in [9.17, 15) is 4.79 Å². The number of likely N-dealkylation sites (N-methyl/N-ethyl adjacent to an activating group) is 1. The number of ether oxygens (including phenoxy) is 2. The first kappa shape index (κ1) is 25.3. The van der Waals surface area contributed by atoms with Gasteiger partial charge < -0.3 is 25.0 Å². The van der Waals surface area contributed by atoms with Gasteiger partial charge in [-0.15, -0.1) is 5.10 Å². The molecule has 0 atom stereocenters. The third-order valence-electron chi connectivity index (χ3n) is 5.41. The van der Waals surface area contributed by atoms with Gasteiger partial charge in [0, 0.05) is 24.7 Å². The number of carbonyl (C=O) groups excluding carboxylic acids is 1. The summed E-state index contributed by atoms with van der Waals surface area (Å²) < 4.78 is 12.3. The van der Waals surface area contributed by atoms with Gasteiger partial charge in [-0.2, -0.15) is 4.52 Å². The maximum atomic E-state index is 12.6. The molecule has 9 nitrogen and oxygen atoms in total. The maximum absolute atomic E-state index is 12.6. The fourth-order valence-electron chi connectivity index (χ4n) is 3.59. The van der Waals surface area contributed by atoms with Crippen LogP contribution in [0.4, 0.5) is 10.9 Å². The molecule has 0 saturated carbocycles. The second-order valence-electron chi connectivity index (χ2n) is 9.47. The number of imidazole rings is 1. The van der Waals surface area contributed by atoms with Crippen molar-refractivity contribution in [2.24, 2.45) is 0 Å². The Labute approximate surface area is 215 Å². The third-order valence-corrected chi connectivity index (χ3v) is 6.43. The number of benzene rings is 2. The number of anilines is 2. The minimum atomic E-state index is -0.200. The first-order chi connectivity index (χ1) is 17.2. The van der Waals surface area contributed by atoms with Crippen molar-refractivity contribution in [2.45, 2.75) is 32.9 Å². The molecule has 0 bridgehead atoms. The monoisotopic (exact) mass is 508 g/mol. The summed E-state index contributed by atoms with van der Waals surface area (Å²) in [5, 5.41) is 12.0. The van der Waals surface area contributed by atoms with Crippen molar-refractivity contribution in [3.8, 4) is 22.8 Å². The van der Waals surface area contributed by atoms with Crippen LogP contribution in [0.1, 0.15) is 26.3 Å². The van der Waals surface area contributed by atoms with Gasteiger partial charge >= 0.3 is 0 Å². The fraction of sp³-hybridized carbons (Fsp3) is 0.346. The van der Waals surface area contributed by atoms with E-state index < -0.39 is 0 Å². The first-order valence-corrected chi connectivity index (χ1v) is 12.4. The standard InChI is InChI=1S/C26H32N6O3S/c1-26(2,3)29-23-22(18-9-13-20(35-6)14-10-18)28-24-32(23)30-25(36-24)31(4)16-21(33)27-15-17-7-11-19(34-5)12-8-17/h7-14,29H,15-16H2,1-6H3,(H,27,33). The van der Waals surface area contributed by atoms with Crippen LogP contribution in [-0.2, 0) is 11.3 Å². The van der Waals surface area contributed by atoms with Crippen molar-refractivity contribution in [1.29, 1.82) is 0 Å². The molecule has 0 saturated heterocycles. The van der Waals surface area contributed by atoms with Gasteiger partial charge in [0.2, 0.25) is 16.0 Å². The lowest BCUT2D eigenvalue weighted by atomic mass is 10.1. The predicted octanol–water partition coefficient (Wildman–Crippen LogP) is 4.44. The average molecular weight is 509 g/mol. The van der Waals surface area contributed by atoms with Gasteiger partial charge in [-0.1, -0.05) is 23.5 Å². The fourth-order valence-corrected chi connectivity index (χ4v) is 4.45. The minimum absolute atomic E-state index is 0.0897. The summed E-state index contributed by atoms with van der Waals surface area (Å²) in [6.45, 7) is 6.91. The number of nitrogens with zero attached hydrogens (tertiary/aromatic N) is 4. The van der Waals surface area contributed by atoms with Crippen molar-refractivity contribution in [2.75, 3.05) is 38.0 Å². The Kier molecular flexibility index (Phi) is 7.35. The average Bonchev–Trinajstić information content (AvgIpc) is 3.41. The molecule has 0 radical (unpaired) electrons. The molecule has 4 rings (SSSR count). The van der Waals surface area contributed by atoms with Crippen LogP contribution in [-0.4, -0.2) is 53.9 Å². The lowest BCUT2D eigenvalue weighted by molar-refractivity contribution is -0.119. The topological polar surface area (TPSA) is 93.0 Å². The van der Waals surface area contributed by atoms with E-state index in [4.69, 9.17) is 19.6 Å². The van der Waals surface area contributed by atoms with Crippen LogP contribution in [0.2, 0.25) is 0 Å². The van der Waals surface area contributed by atoms with E-state index in [1.54, 1.807) is 14.2 Å². The van der Waals surface area contributed by atoms with E-state index in [0.717, 1.165) is 39.1 Å². The van der Waals surface area contributed by atoms with E-state index in [2.05, 4.69) is 31.4 Å². The van der Waals surface area contributed by atoms with Gasteiger partial charge in [0.25, 0.3) is 0 Å². The summed E-state index contributed by atoms with van der Waals surface area (Å²) >= 11 is 1.44. The number of nitrogens with one attached hydrogen (secondary N) is 2. The lowest BCUT2D eigenvalue weighted by Crippen LogP contribution is -2.34. The summed E-state index contributed by atoms with van der Waals surface area (Å²) in [4.78, 5) is 20.0. The number of amides is 1. The zero-order chi connectivity index (χ0) is 25.9. The van der Waals surface area contributed by atoms with Crippen LogP contribution in [0.3, 0.4) is 0 Å². The Morgan fingerprint density at radius 3 is 2.22 bits per heavy atom. The molecular weight excluding hydrogens is 476 g/mol. The Bertz CT molecular complexity index is 1320. The largest absolute Gasteiger partial charge is 0.497 e. The minimum Gasteiger partial charge on any atom is -0.497 e. The molecule has 1 amide bonds. The molecule has 2 N–H and O–H groups in total. The number of carbonyl (C=O) groups is 1. The zero-order valence-corrected chi connectivity index (χ0v) is 22.3. The highest BCUT2D eigenvalue weighted by Gasteiger charge is 2.23. The predicted molar refractivity (Wildman–Crippen MR) is 144 cm³/mol. The Morgan fingerprint density at radius 2 is 1.64 bits per heavy atom. The van der Waals surface area contributed by atoms with Gasteiger partial charge in [-0.3, -0.25) is 4.79 Å². The molecule has 0 fully saturated rings. The van der Waals surface area contributed by atoms with Crippen LogP contribution in [0, 0.1) is 0 Å². The van der Waals surface area contributed by atoms with Crippen molar-refractivity contribution < 1.29 is 14.3 Å². The molecule has 0 aliphatic carbocycles. The maximum Gasteiger partial charge on any atom is 0.239 e. The Hall–Kier alpha value is -3.79. The van der Waals surface area contributed by atoms with Crippen molar-refractivity contribution in [3.63, 3.8) is 0 Å². The highest BCUT2D eigenvalue weighted by molar-refractivity contribution is 7.20. The molecule has 190 valence electrons. The zero-order valence-electron chi connectivity index (χ0n) is 21.5. The van der Waals surface area contributed by atoms with Crippen molar-refractivity contribution >= 4 is 33.2 Å².